The zero-order valence-electron chi connectivity index (χ0n) is 14.0. The van der Waals surface area contributed by atoms with Crippen molar-refractivity contribution in [3.63, 3.8) is 0 Å². The number of rotatable bonds is 4. The van der Waals surface area contributed by atoms with E-state index in [4.69, 9.17) is 5.11 Å². The predicted octanol–water partition coefficient (Wildman–Crippen LogP) is 3.78. The van der Waals surface area contributed by atoms with E-state index in [9.17, 15) is 14.0 Å². The van der Waals surface area contributed by atoms with Gasteiger partial charge in [-0.2, -0.15) is 0 Å². The van der Waals surface area contributed by atoms with Crippen LogP contribution < -0.4 is 5.32 Å². The second-order valence-corrected chi connectivity index (χ2v) is 6.58. The normalized spacial score (nSPS) is 19.6. The Morgan fingerprint density at radius 1 is 1.08 bits per heavy atom. The van der Waals surface area contributed by atoms with Gasteiger partial charge in [0.25, 0.3) is 5.91 Å². The van der Waals surface area contributed by atoms with Gasteiger partial charge in [-0.05, 0) is 49.4 Å². The van der Waals surface area contributed by atoms with Crippen LogP contribution in [-0.2, 0) is 4.79 Å². The largest absolute Gasteiger partial charge is 0.481 e. The number of aliphatic carboxylic acids is 1. The molecule has 25 heavy (non-hydrogen) atoms. The first-order chi connectivity index (χ1) is 11.9. The standard InChI is InChI=1S/C20H20FNO3/c1-12-2-4-13(5-3-12)14-7-9-17(18(21)11-14)19(23)22-16-8-6-15(10-16)20(24)25/h2-5,7,9,11,15-16H,6,8,10H2,1H3,(H,22,23)(H,24,25)/t15-,16+/m0/s1. The van der Waals surface area contributed by atoms with Crippen LogP contribution >= 0.6 is 0 Å². The quantitative estimate of drug-likeness (QED) is 0.889. The third-order valence-electron chi connectivity index (χ3n) is 4.72. The molecule has 4 nitrogen and oxygen atoms in total. The number of carboxylic acid groups (broad SMARTS) is 1. The summed E-state index contributed by atoms with van der Waals surface area (Å²) in [6, 6.07) is 12.1. The summed E-state index contributed by atoms with van der Waals surface area (Å²) in [5, 5.41) is 11.8. The summed E-state index contributed by atoms with van der Waals surface area (Å²) in [5.74, 6) is -2.35. The molecule has 0 aromatic heterocycles. The summed E-state index contributed by atoms with van der Waals surface area (Å²) in [5.41, 5.74) is 2.70. The van der Waals surface area contributed by atoms with E-state index in [0.717, 1.165) is 11.1 Å². The number of hydrogen-bond acceptors (Lipinski definition) is 2. The summed E-state index contributed by atoms with van der Waals surface area (Å²) < 4.78 is 14.4. The highest BCUT2D eigenvalue weighted by atomic mass is 19.1. The molecule has 2 aromatic rings. The van der Waals surface area contributed by atoms with Gasteiger partial charge in [-0.25, -0.2) is 4.39 Å². The van der Waals surface area contributed by atoms with Gasteiger partial charge in [-0.1, -0.05) is 35.9 Å². The van der Waals surface area contributed by atoms with Gasteiger partial charge in [0.15, 0.2) is 0 Å². The summed E-state index contributed by atoms with van der Waals surface area (Å²) in [4.78, 5) is 23.3. The maximum Gasteiger partial charge on any atom is 0.306 e. The molecule has 1 amide bonds. The minimum absolute atomic E-state index is 0.0189. The number of hydrogen-bond donors (Lipinski definition) is 2. The van der Waals surface area contributed by atoms with E-state index < -0.39 is 23.6 Å². The molecule has 0 unspecified atom stereocenters. The molecular weight excluding hydrogens is 321 g/mol. The number of aryl methyl sites for hydroxylation is 1. The highest BCUT2D eigenvalue weighted by Crippen LogP contribution is 2.27. The van der Waals surface area contributed by atoms with Crippen LogP contribution in [0.1, 0.15) is 35.2 Å². The Bertz CT molecular complexity index is 801. The van der Waals surface area contributed by atoms with Crippen molar-refractivity contribution in [3.8, 4) is 11.1 Å². The van der Waals surface area contributed by atoms with Crippen molar-refractivity contribution < 1.29 is 19.1 Å². The Labute approximate surface area is 145 Å². The van der Waals surface area contributed by atoms with E-state index in [0.29, 0.717) is 24.8 Å². The van der Waals surface area contributed by atoms with Crippen LogP contribution in [0.2, 0.25) is 0 Å². The monoisotopic (exact) mass is 341 g/mol. The summed E-state index contributed by atoms with van der Waals surface area (Å²) in [6.07, 6.45) is 1.53. The van der Waals surface area contributed by atoms with Crippen molar-refractivity contribution in [3.05, 3.63) is 59.4 Å². The lowest BCUT2D eigenvalue weighted by molar-refractivity contribution is -0.141. The molecule has 0 radical (unpaired) electrons. The van der Waals surface area contributed by atoms with E-state index in [2.05, 4.69) is 5.32 Å². The molecule has 1 aliphatic carbocycles. The van der Waals surface area contributed by atoms with Crippen LogP contribution in [0.4, 0.5) is 4.39 Å². The molecule has 2 N–H and O–H groups in total. The average Bonchev–Trinajstić information content (AvgIpc) is 3.04. The minimum Gasteiger partial charge on any atom is -0.481 e. The number of nitrogens with one attached hydrogen (secondary N) is 1. The fourth-order valence-electron chi connectivity index (χ4n) is 3.22. The van der Waals surface area contributed by atoms with Crippen LogP contribution in [0.25, 0.3) is 11.1 Å². The Hall–Kier alpha value is -2.69. The van der Waals surface area contributed by atoms with Crippen LogP contribution in [0.3, 0.4) is 0 Å². The summed E-state index contributed by atoms with van der Waals surface area (Å²) >= 11 is 0. The van der Waals surface area contributed by atoms with Crippen molar-refractivity contribution in [2.45, 2.75) is 32.2 Å². The second kappa shape index (κ2) is 7.05. The number of carboxylic acids is 1. The Kier molecular flexibility index (Phi) is 4.83. The lowest BCUT2D eigenvalue weighted by atomic mass is 10.0. The maximum absolute atomic E-state index is 14.4. The maximum atomic E-state index is 14.4. The SMILES string of the molecule is Cc1ccc(-c2ccc(C(=O)N[C@@H]3CC[C@H](C(=O)O)C3)c(F)c2)cc1. The zero-order chi connectivity index (χ0) is 18.0. The summed E-state index contributed by atoms with van der Waals surface area (Å²) in [6.45, 7) is 1.98. The fourth-order valence-corrected chi connectivity index (χ4v) is 3.22. The minimum atomic E-state index is -0.842. The lowest BCUT2D eigenvalue weighted by Gasteiger charge is -2.13. The van der Waals surface area contributed by atoms with Gasteiger partial charge < -0.3 is 10.4 Å². The fraction of sp³-hybridized carbons (Fsp3) is 0.300. The molecule has 2 atom stereocenters. The predicted molar refractivity (Wildman–Crippen MR) is 92.8 cm³/mol. The molecule has 0 bridgehead atoms. The Morgan fingerprint density at radius 3 is 2.36 bits per heavy atom. The van der Waals surface area contributed by atoms with E-state index >= 15 is 0 Å². The first-order valence-corrected chi connectivity index (χ1v) is 8.34. The molecule has 0 spiro atoms. The van der Waals surface area contributed by atoms with Crippen molar-refractivity contribution in [2.75, 3.05) is 0 Å². The lowest BCUT2D eigenvalue weighted by Crippen LogP contribution is -2.33. The molecule has 1 saturated carbocycles. The van der Waals surface area contributed by atoms with Gasteiger partial charge in [-0.15, -0.1) is 0 Å². The number of carbonyl (C=O) groups is 2. The number of amides is 1. The highest BCUT2D eigenvalue weighted by Gasteiger charge is 2.31. The third-order valence-corrected chi connectivity index (χ3v) is 4.72. The Balaban J connectivity index is 1.71. The van der Waals surface area contributed by atoms with Crippen LogP contribution in [0.15, 0.2) is 42.5 Å². The first-order valence-electron chi connectivity index (χ1n) is 8.34. The molecule has 0 aliphatic heterocycles. The van der Waals surface area contributed by atoms with Gasteiger partial charge in [0.1, 0.15) is 5.82 Å². The second-order valence-electron chi connectivity index (χ2n) is 6.58. The molecule has 1 fully saturated rings. The van der Waals surface area contributed by atoms with Gasteiger partial charge in [0.2, 0.25) is 0 Å². The van der Waals surface area contributed by atoms with Crippen LogP contribution in [-0.4, -0.2) is 23.0 Å². The van der Waals surface area contributed by atoms with Gasteiger partial charge in [0.05, 0.1) is 11.5 Å². The highest BCUT2D eigenvalue weighted by molar-refractivity contribution is 5.95. The van der Waals surface area contributed by atoms with Crippen LogP contribution in [0, 0.1) is 18.7 Å². The number of carbonyl (C=O) groups excluding carboxylic acids is 1. The van der Waals surface area contributed by atoms with Crippen molar-refractivity contribution in [1.29, 1.82) is 0 Å². The van der Waals surface area contributed by atoms with E-state index in [1.165, 1.54) is 12.1 Å². The van der Waals surface area contributed by atoms with Gasteiger partial charge in [0, 0.05) is 6.04 Å². The van der Waals surface area contributed by atoms with Gasteiger partial charge >= 0.3 is 5.97 Å². The molecule has 3 rings (SSSR count). The third kappa shape index (κ3) is 3.87. The van der Waals surface area contributed by atoms with Crippen molar-refractivity contribution >= 4 is 11.9 Å². The van der Waals surface area contributed by atoms with E-state index in [-0.39, 0.29) is 11.6 Å². The topological polar surface area (TPSA) is 66.4 Å². The molecule has 2 aromatic carbocycles. The van der Waals surface area contributed by atoms with Crippen LogP contribution in [0.5, 0.6) is 0 Å². The number of halogens is 1. The molecule has 0 heterocycles. The van der Waals surface area contributed by atoms with Gasteiger partial charge in [-0.3, -0.25) is 9.59 Å². The first kappa shape index (κ1) is 17.1. The average molecular weight is 341 g/mol. The molecule has 0 saturated heterocycles. The molecular formula is C20H20FNO3. The smallest absolute Gasteiger partial charge is 0.306 e. The van der Waals surface area contributed by atoms with E-state index in [1.54, 1.807) is 6.07 Å². The molecule has 5 heteroatoms. The van der Waals surface area contributed by atoms with Crippen molar-refractivity contribution in [1.82, 2.24) is 5.32 Å². The summed E-state index contributed by atoms with van der Waals surface area (Å²) in [7, 11) is 0. The molecule has 130 valence electrons. The molecule has 1 aliphatic rings. The zero-order valence-corrected chi connectivity index (χ0v) is 14.0. The van der Waals surface area contributed by atoms with Crippen molar-refractivity contribution in [2.24, 2.45) is 5.92 Å². The van der Waals surface area contributed by atoms with E-state index in [1.807, 2.05) is 31.2 Å². The Morgan fingerprint density at radius 2 is 1.76 bits per heavy atom. The number of benzene rings is 2.